The highest BCUT2D eigenvalue weighted by Gasteiger charge is 2.24. The lowest BCUT2D eigenvalue weighted by Gasteiger charge is -2.21. The molecule has 0 saturated heterocycles. The Hall–Kier alpha value is -1.07. The van der Waals surface area contributed by atoms with E-state index in [4.69, 9.17) is 9.47 Å². The van der Waals surface area contributed by atoms with Crippen LogP contribution in [0.1, 0.15) is 31.4 Å². The molecule has 1 aliphatic rings. The average molecular weight is 328 g/mol. The van der Waals surface area contributed by atoms with E-state index in [0.29, 0.717) is 6.61 Å². The van der Waals surface area contributed by atoms with Crippen molar-refractivity contribution in [3.05, 3.63) is 28.2 Å². The molecule has 19 heavy (non-hydrogen) atoms. The van der Waals surface area contributed by atoms with Gasteiger partial charge < -0.3 is 9.47 Å². The van der Waals surface area contributed by atoms with Crippen LogP contribution < -0.4 is 10.1 Å². The fraction of sp³-hybridized carbons (Fsp3) is 0.500. The first kappa shape index (κ1) is 14.3. The van der Waals surface area contributed by atoms with E-state index in [0.717, 1.165) is 28.6 Å². The van der Waals surface area contributed by atoms with Gasteiger partial charge in [-0.3, -0.25) is 10.1 Å². The molecule has 0 spiro atoms. The maximum Gasteiger partial charge on any atom is 0.322 e. The molecular formula is C14H18BrNO3. The third kappa shape index (κ3) is 3.48. The van der Waals surface area contributed by atoms with Crippen LogP contribution in [0.5, 0.6) is 5.75 Å². The lowest BCUT2D eigenvalue weighted by Crippen LogP contribution is -2.37. The molecule has 0 aromatic heterocycles. The number of carbonyl (C=O) groups excluding carboxylic acids is 1. The molecule has 0 bridgehead atoms. The maximum atomic E-state index is 11.5. The van der Waals surface area contributed by atoms with Crippen LogP contribution in [-0.2, 0) is 9.53 Å². The number of nitrogens with one attached hydrogen (secondary N) is 1. The summed E-state index contributed by atoms with van der Waals surface area (Å²) in [5.74, 6) is 0.630. The number of benzene rings is 1. The summed E-state index contributed by atoms with van der Waals surface area (Å²) < 4.78 is 11.5. The van der Waals surface area contributed by atoms with E-state index in [-0.39, 0.29) is 18.1 Å². The van der Waals surface area contributed by atoms with Crippen LogP contribution in [0.4, 0.5) is 0 Å². The van der Waals surface area contributed by atoms with Crippen molar-refractivity contribution in [3.8, 4) is 5.75 Å². The standard InChI is InChI=1S/C14H18BrNO3/c1-9(14(17)18-2)16-12-4-3-7-19-13-8-10(15)5-6-11(12)13/h5-6,8-9,12,16H,3-4,7H2,1-2H3/t9-,12?/m0/s1. The van der Waals surface area contributed by atoms with Gasteiger partial charge in [-0.25, -0.2) is 0 Å². The van der Waals surface area contributed by atoms with Crippen molar-refractivity contribution in [2.75, 3.05) is 13.7 Å². The van der Waals surface area contributed by atoms with Crippen molar-refractivity contribution in [1.29, 1.82) is 0 Å². The third-order valence-electron chi connectivity index (χ3n) is 3.25. The summed E-state index contributed by atoms with van der Waals surface area (Å²) in [6, 6.07) is 5.78. The van der Waals surface area contributed by atoms with Crippen LogP contribution in [0.3, 0.4) is 0 Å². The largest absolute Gasteiger partial charge is 0.493 e. The Kier molecular flexibility index (Phi) is 4.82. The number of methoxy groups -OCH3 is 1. The first-order valence-electron chi connectivity index (χ1n) is 6.38. The number of fused-ring (bicyclic) bond motifs is 1. The molecule has 2 rings (SSSR count). The van der Waals surface area contributed by atoms with E-state index in [1.807, 2.05) is 25.1 Å². The monoisotopic (exact) mass is 327 g/mol. The highest BCUT2D eigenvalue weighted by molar-refractivity contribution is 9.10. The minimum Gasteiger partial charge on any atom is -0.493 e. The molecule has 1 unspecified atom stereocenters. The molecule has 1 heterocycles. The quantitative estimate of drug-likeness (QED) is 0.867. The van der Waals surface area contributed by atoms with Gasteiger partial charge in [-0.15, -0.1) is 0 Å². The Labute approximate surface area is 121 Å². The molecular weight excluding hydrogens is 310 g/mol. The Morgan fingerprint density at radius 1 is 1.58 bits per heavy atom. The van der Waals surface area contributed by atoms with Crippen LogP contribution in [0.15, 0.2) is 22.7 Å². The second kappa shape index (κ2) is 6.39. The predicted octanol–water partition coefficient (Wildman–Crippen LogP) is 2.81. The number of rotatable bonds is 3. The van der Waals surface area contributed by atoms with Gasteiger partial charge in [-0.1, -0.05) is 22.0 Å². The molecule has 0 saturated carbocycles. The number of esters is 1. The van der Waals surface area contributed by atoms with Gasteiger partial charge in [-0.2, -0.15) is 0 Å². The third-order valence-corrected chi connectivity index (χ3v) is 3.74. The molecule has 0 amide bonds. The Morgan fingerprint density at radius 2 is 2.37 bits per heavy atom. The van der Waals surface area contributed by atoms with Crippen molar-refractivity contribution in [2.24, 2.45) is 0 Å². The van der Waals surface area contributed by atoms with Gasteiger partial charge in [0.15, 0.2) is 0 Å². The number of ether oxygens (including phenoxy) is 2. The Morgan fingerprint density at radius 3 is 3.11 bits per heavy atom. The SMILES string of the molecule is COC(=O)[C@H](C)NC1CCCOc2cc(Br)ccc21. The van der Waals surface area contributed by atoms with Crippen LogP contribution in [0.2, 0.25) is 0 Å². The van der Waals surface area contributed by atoms with E-state index in [1.54, 1.807) is 0 Å². The van der Waals surface area contributed by atoms with Gasteiger partial charge in [-0.05, 0) is 31.9 Å². The Bertz CT molecular complexity index is 464. The first-order chi connectivity index (χ1) is 9.11. The number of carbonyl (C=O) groups is 1. The number of hydrogen-bond acceptors (Lipinski definition) is 4. The summed E-state index contributed by atoms with van der Waals surface area (Å²) in [7, 11) is 1.40. The fourth-order valence-electron chi connectivity index (χ4n) is 2.27. The van der Waals surface area contributed by atoms with Crippen molar-refractivity contribution < 1.29 is 14.3 Å². The minimum atomic E-state index is -0.329. The first-order valence-corrected chi connectivity index (χ1v) is 7.17. The highest BCUT2D eigenvalue weighted by atomic mass is 79.9. The maximum absolute atomic E-state index is 11.5. The molecule has 0 fully saturated rings. The van der Waals surface area contributed by atoms with Crippen molar-refractivity contribution >= 4 is 21.9 Å². The average Bonchev–Trinajstić information content (AvgIpc) is 2.59. The topological polar surface area (TPSA) is 47.6 Å². The molecule has 104 valence electrons. The van der Waals surface area contributed by atoms with Crippen LogP contribution >= 0.6 is 15.9 Å². The zero-order valence-electron chi connectivity index (χ0n) is 11.1. The summed E-state index contributed by atoms with van der Waals surface area (Å²) in [5, 5.41) is 3.32. The van der Waals surface area contributed by atoms with E-state index in [2.05, 4.69) is 21.2 Å². The summed E-state index contributed by atoms with van der Waals surface area (Å²) in [4.78, 5) is 11.5. The van der Waals surface area contributed by atoms with E-state index in [9.17, 15) is 4.79 Å². The van der Waals surface area contributed by atoms with Crippen LogP contribution in [0.25, 0.3) is 0 Å². The Balaban J connectivity index is 2.20. The number of hydrogen-bond donors (Lipinski definition) is 1. The highest BCUT2D eigenvalue weighted by Crippen LogP contribution is 2.33. The van der Waals surface area contributed by atoms with E-state index in [1.165, 1.54) is 7.11 Å². The van der Waals surface area contributed by atoms with Gasteiger partial charge in [0.25, 0.3) is 0 Å². The molecule has 0 radical (unpaired) electrons. The van der Waals surface area contributed by atoms with Crippen LogP contribution in [0, 0.1) is 0 Å². The fourth-order valence-corrected chi connectivity index (χ4v) is 2.61. The summed E-state index contributed by atoms with van der Waals surface area (Å²) in [6.45, 7) is 2.52. The molecule has 1 aromatic carbocycles. The summed E-state index contributed by atoms with van der Waals surface area (Å²) in [5.41, 5.74) is 1.09. The summed E-state index contributed by atoms with van der Waals surface area (Å²) in [6.07, 6.45) is 1.90. The van der Waals surface area contributed by atoms with Gasteiger partial charge >= 0.3 is 5.97 Å². The molecule has 1 aliphatic heterocycles. The molecule has 1 aromatic rings. The molecule has 4 nitrogen and oxygen atoms in total. The van der Waals surface area contributed by atoms with E-state index >= 15 is 0 Å². The molecule has 2 atom stereocenters. The van der Waals surface area contributed by atoms with Gasteiger partial charge in [0.1, 0.15) is 11.8 Å². The molecule has 0 aliphatic carbocycles. The van der Waals surface area contributed by atoms with Gasteiger partial charge in [0.2, 0.25) is 0 Å². The number of halogens is 1. The van der Waals surface area contributed by atoms with Crippen molar-refractivity contribution in [1.82, 2.24) is 5.32 Å². The smallest absolute Gasteiger partial charge is 0.322 e. The van der Waals surface area contributed by atoms with Gasteiger partial charge in [0, 0.05) is 16.1 Å². The zero-order valence-corrected chi connectivity index (χ0v) is 12.7. The van der Waals surface area contributed by atoms with Gasteiger partial charge in [0.05, 0.1) is 13.7 Å². The van der Waals surface area contributed by atoms with Crippen molar-refractivity contribution in [2.45, 2.75) is 31.8 Å². The molecule has 1 N–H and O–H groups in total. The minimum absolute atomic E-state index is 0.111. The second-order valence-corrected chi connectivity index (χ2v) is 5.55. The normalized spacial score (nSPS) is 19.8. The molecule has 5 heteroatoms. The van der Waals surface area contributed by atoms with E-state index < -0.39 is 0 Å². The summed E-state index contributed by atoms with van der Waals surface area (Å²) >= 11 is 3.45. The van der Waals surface area contributed by atoms with Crippen LogP contribution in [-0.4, -0.2) is 25.7 Å². The zero-order chi connectivity index (χ0) is 13.8. The lowest BCUT2D eigenvalue weighted by atomic mass is 10.0. The lowest BCUT2D eigenvalue weighted by molar-refractivity contribution is -0.142. The predicted molar refractivity (Wildman–Crippen MR) is 76.2 cm³/mol. The second-order valence-electron chi connectivity index (χ2n) is 4.64. The van der Waals surface area contributed by atoms with Crippen molar-refractivity contribution in [3.63, 3.8) is 0 Å².